The van der Waals surface area contributed by atoms with Crippen molar-refractivity contribution in [3.05, 3.63) is 48.8 Å². The van der Waals surface area contributed by atoms with Crippen molar-refractivity contribution < 1.29 is 18.3 Å². The van der Waals surface area contributed by atoms with E-state index in [0.717, 1.165) is 3.97 Å². The van der Waals surface area contributed by atoms with E-state index in [1.807, 2.05) is 0 Å². The van der Waals surface area contributed by atoms with Crippen molar-refractivity contribution in [1.29, 1.82) is 0 Å². The predicted octanol–water partition coefficient (Wildman–Crippen LogP) is 1.41. The molecule has 8 nitrogen and oxygen atoms in total. The Labute approximate surface area is 156 Å². The summed E-state index contributed by atoms with van der Waals surface area (Å²) in [5.41, 5.74) is 0.123. The van der Waals surface area contributed by atoms with Crippen LogP contribution in [0.4, 0.5) is 11.4 Å². The van der Waals surface area contributed by atoms with Gasteiger partial charge in [-0.15, -0.1) is 0 Å². The van der Waals surface area contributed by atoms with E-state index >= 15 is 0 Å². The predicted molar refractivity (Wildman–Crippen MR) is 101 cm³/mol. The van der Waals surface area contributed by atoms with Crippen molar-refractivity contribution in [3.63, 3.8) is 0 Å². The van der Waals surface area contributed by atoms with Crippen LogP contribution in [-0.4, -0.2) is 47.6 Å². The Morgan fingerprint density at radius 1 is 1.22 bits per heavy atom. The standard InChI is InChI=1S/C18H18N4O4S/c1-18(11-23)17(24)21(2)14-10-19-16-13(15(14)20-18)8-9-22(16)27(25,26)12-6-4-3-5-7-12/h3-10,20,23H,11H2,1-2H3. The van der Waals surface area contributed by atoms with Crippen molar-refractivity contribution in [2.75, 3.05) is 23.9 Å². The molecule has 140 valence electrons. The molecule has 1 amide bonds. The van der Waals surface area contributed by atoms with Gasteiger partial charge < -0.3 is 15.3 Å². The highest BCUT2D eigenvalue weighted by atomic mass is 32.2. The summed E-state index contributed by atoms with van der Waals surface area (Å²) in [4.78, 5) is 18.4. The number of fused-ring (bicyclic) bond motifs is 3. The lowest BCUT2D eigenvalue weighted by atomic mass is 9.97. The van der Waals surface area contributed by atoms with E-state index in [1.54, 1.807) is 38.2 Å². The molecule has 2 aromatic heterocycles. The van der Waals surface area contributed by atoms with Crippen molar-refractivity contribution in [2.24, 2.45) is 0 Å². The summed E-state index contributed by atoms with van der Waals surface area (Å²) in [5, 5.41) is 13.3. The maximum Gasteiger partial charge on any atom is 0.269 e. The number of nitrogens with one attached hydrogen (secondary N) is 1. The highest BCUT2D eigenvalue weighted by Gasteiger charge is 2.41. The monoisotopic (exact) mass is 386 g/mol. The van der Waals surface area contributed by atoms with Gasteiger partial charge in [-0.2, -0.15) is 0 Å². The summed E-state index contributed by atoms with van der Waals surface area (Å²) in [6.07, 6.45) is 2.89. The fraction of sp³-hybridized carbons (Fsp3) is 0.222. The molecule has 9 heteroatoms. The van der Waals surface area contributed by atoms with Gasteiger partial charge in [-0.05, 0) is 25.1 Å². The molecule has 1 unspecified atom stereocenters. The number of aromatic nitrogens is 2. The Morgan fingerprint density at radius 3 is 2.59 bits per heavy atom. The van der Waals surface area contributed by atoms with Gasteiger partial charge in [-0.1, -0.05) is 18.2 Å². The van der Waals surface area contributed by atoms with E-state index in [1.165, 1.54) is 29.4 Å². The first-order valence-electron chi connectivity index (χ1n) is 8.27. The van der Waals surface area contributed by atoms with Gasteiger partial charge in [0.15, 0.2) is 5.65 Å². The molecule has 0 saturated heterocycles. The number of hydrogen-bond donors (Lipinski definition) is 2. The number of pyridine rings is 1. The number of amides is 1. The Morgan fingerprint density at radius 2 is 1.93 bits per heavy atom. The van der Waals surface area contributed by atoms with Crippen LogP contribution in [0.3, 0.4) is 0 Å². The summed E-state index contributed by atoms with van der Waals surface area (Å²) < 4.78 is 27.1. The van der Waals surface area contributed by atoms with E-state index in [4.69, 9.17) is 0 Å². The number of hydrogen-bond acceptors (Lipinski definition) is 6. The molecule has 3 heterocycles. The average molecular weight is 386 g/mol. The largest absolute Gasteiger partial charge is 0.393 e. The molecular weight excluding hydrogens is 368 g/mol. The lowest BCUT2D eigenvalue weighted by molar-refractivity contribution is -0.123. The zero-order valence-electron chi connectivity index (χ0n) is 14.7. The first-order valence-corrected chi connectivity index (χ1v) is 9.71. The van der Waals surface area contributed by atoms with E-state index in [0.29, 0.717) is 16.8 Å². The summed E-state index contributed by atoms with van der Waals surface area (Å²) >= 11 is 0. The third-order valence-corrected chi connectivity index (χ3v) is 6.50. The van der Waals surface area contributed by atoms with Crippen molar-refractivity contribution in [2.45, 2.75) is 17.4 Å². The summed E-state index contributed by atoms with van der Waals surface area (Å²) in [6, 6.07) is 9.73. The Kier molecular flexibility index (Phi) is 3.76. The molecule has 0 spiro atoms. The van der Waals surface area contributed by atoms with Crippen LogP contribution < -0.4 is 10.2 Å². The molecule has 1 atom stereocenters. The highest BCUT2D eigenvalue weighted by molar-refractivity contribution is 7.90. The third-order valence-electron chi connectivity index (χ3n) is 4.82. The number of likely N-dealkylation sites (N-methyl/N-ethyl adjacent to an activating group) is 1. The fourth-order valence-electron chi connectivity index (χ4n) is 3.25. The normalized spacial score (nSPS) is 19.8. The van der Waals surface area contributed by atoms with Crippen LogP contribution in [0.2, 0.25) is 0 Å². The zero-order valence-corrected chi connectivity index (χ0v) is 15.6. The van der Waals surface area contributed by atoms with Crippen LogP contribution in [0, 0.1) is 0 Å². The zero-order chi connectivity index (χ0) is 19.4. The van der Waals surface area contributed by atoms with Crippen LogP contribution in [-0.2, 0) is 14.8 Å². The van der Waals surface area contributed by atoms with E-state index in [9.17, 15) is 18.3 Å². The molecule has 3 aromatic rings. The Hall–Kier alpha value is -2.91. The van der Waals surface area contributed by atoms with Gasteiger partial charge >= 0.3 is 0 Å². The van der Waals surface area contributed by atoms with Gasteiger partial charge in [-0.25, -0.2) is 17.4 Å². The van der Waals surface area contributed by atoms with Gasteiger partial charge in [0.1, 0.15) is 5.54 Å². The molecule has 1 aliphatic heterocycles. The van der Waals surface area contributed by atoms with Crippen molar-refractivity contribution >= 4 is 38.3 Å². The minimum atomic E-state index is -3.81. The average Bonchev–Trinajstić information content (AvgIpc) is 3.12. The quantitative estimate of drug-likeness (QED) is 0.705. The van der Waals surface area contributed by atoms with E-state index in [-0.39, 0.29) is 16.4 Å². The van der Waals surface area contributed by atoms with E-state index in [2.05, 4.69) is 10.3 Å². The molecule has 0 aliphatic carbocycles. The molecule has 0 fully saturated rings. The summed E-state index contributed by atoms with van der Waals surface area (Å²) in [7, 11) is -2.21. The molecular formula is C18H18N4O4S. The topological polar surface area (TPSA) is 105 Å². The summed E-state index contributed by atoms with van der Waals surface area (Å²) in [5.74, 6) is -0.296. The van der Waals surface area contributed by atoms with E-state index < -0.39 is 22.2 Å². The highest BCUT2D eigenvalue weighted by Crippen LogP contribution is 2.39. The van der Waals surface area contributed by atoms with Crippen molar-refractivity contribution in [3.8, 4) is 0 Å². The lowest BCUT2D eigenvalue weighted by Gasteiger charge is -2.39. The van der Waals surface area contributed by atoms with Gasteiger partial charge in [0, 0.05) is 18.6 Å². The maximum absolute atomic E-state index is 13.0. The maximum atomic E-state index is 13.0. The summed E-state index contributed by atoms with van der Waals surface area (Å²) in [6.45, 7) is 1.20. The van der Waals surface area contributed by atoms with Gasteiger partial charge in [-0.3, -0.25) is 4.79 Å². The molecule has 1 aromatic carbocycles. The van der Waals surface area contributed by atoms with Crippen molar-refractivity contribution in [1.82, 2.24) is 8.96 Å². The number of carbonyl (C=O) groups is 1. The van der Waals surface area contributed by atoms with Crippen LogP contribution in [0.1, 0.15) is 6.92 Å². The first kappa shape index (κ1) is 17.5. The lowest BCUT2D eigenvalue weighted by Crippen LogP contribution is -2.56. The van der Waals surface area contributed by atoms with Crippen LogP contribution in [0.25, 0.3) is 11.0 Å². The molecule has 27 heavy (non-hydrogen) atoms. The minimum Gasteiger partial charge on any atom is -0.393 e. The molecule has 4 rings (SSSR count). The fourth-order valence-corrected chi connectivity index (χ4v) is 4.58. The molecule has 0 saturated carbocycles. The Bertz CT molecular complexity index is 1160. The Balaban J connectivity index is 1.93. The molecule has 2 N–H and O–H groups in total. The number of rotatable bonds is 3. The van der Waals surface area contributed by atoms with Crippen LogP contribution in [0.15, 0.2) is 53.7 Å². The SMILES string of the molecule is CN1C(=O)C(C)(CO)Nc2c1cnc1c2ccn1S(=O)(=O)c1ccccc1. The first-order chi connectivity index (χ1) is 12.8. The van der Waals surface area contributed by atoms with Gasteiger partial charge in [0.25, 0.3) is 15.9 Å². The smallest absolute Gasteiger partial charge is 0.269 e. The molecule has 1 aliphatic rings. The molecule has 0 bridgehead atoms. The number of aliphatic hydroxyl groups excluding tert-OH is 1. The van der Waals surface area contributed by atoms with Gasteiger partial charge in [0.05, 0.1) is 29.1 Å². The third kappa shape index (κ3) is 2.42. The second kappa shape index (κ2) is 5.80. The number of aliphatic hydroxyl groups is 1. The minimum absolute atomic E-state index is 0.155. The van der Waals surface area contributed by atoms with Gasteiger partial charge in [0.2, 0.25) is 0 Å². The second-order valence-corrected chi connectivity index (χ2v) is 8.48. The number of benzene rings is 1. The second-order valence-electron chi connectivity index (χ2n) is 6.66. The molecule has 0 radical (unpaired) electrons. The number of nitrogens with zero attached hydrogens (tertiary/aromatic N) is 3. The van der Waals surface area contributed by atoms with Crippen LogP contribution >= 0.6 is 0 Å². The van der Waals surface area contributed by atoms with Crippen LogP contribution in [0.5, 0.6) is 0 Å². The number of anilines is 2. The number of carbonyl (C=O) groups excluding carboxylic acids is 1.